The normalized spacial score (nSPS) is 10.3. The van der Waals surface area contributed by atoms with E-state index in [1.54, 1.807) is 18.2 Å². The van der Waals surface area contributed by atoms with Gasteiger partial charge >= 0.3 is 0 Å². The lowest BCUT2D eigenvalue weighted by Crippen LogP contribution is -2.04. The van der Waals surface area contributed by atoms with Gasteiger partial charge in [0.2, 0.25) is 5.88 Å². The van der Waals surface area contributed by atoms with Crippen molar-refractivity contribution in [3.05, 3.63) is 35.4 Å². The third kappa shape index (κ3) is 4.28. The van der Waals surface area contributed by atoms with Crippen molar-refractivity contribution in [1.29, 1.82) is 0 Å². The molecule has 1 aromatic carbocycles. The predicted molar refractivity (Wildman–Crippen MR) is 84.1 cm³/mol. The number of benzene rings is 1. The quantitative estimate of drug-likeness (QED) is 0.630. The topological polar surface area (TPSA) is 47.0 Å². The van der Waals surface area contributed by atoms with Gasteiger partial charge in [-0.05, 0) is 30.9 Å². The van der Waals surface area contributed by atoms with E-state index < -0.39 is 0 Å². The molecule has 0 aliphatic heterocycles. The summed E-state index contributed by atoms with van der Waals surface area (Å²) in [5, 5.41) is 4.54. The van der Waals surface area contributed by atoms with E-state index in [0.717, 1.165) is 18.8 Å². The maximum absolute atomic E-state index is 5.94. The van der Waals surface area contributed by atoms with Crippen molar-refractivity contribution in [1.82, 2.24) is 9.97 Å². The highest BCUT2D eigenvalue weighted by Gasteiger charge is 2.06. The molecular weight excluding hydrogens is 294 g/mol. The number of aromatic nitrogens is 2. The first-order chi connectivity index (χ1) is 9.71. The van der Waals surface area contributed by atoms with Gasteiger partial charge in [-0.3, -0.25) is 0 Å². The standard InChI is InChI=1S/C14H16ClN3OS/c1-3-7-16-12-9-13(18-14(17-12)20-2)19-11-6-4-5-10(15)8-11/h4-6,8-9H,3,7H2,1-2H3,(H,16,17,18). The molecule has 0 bridgehead atoms. The maximum atomic E-state index is 5.94. The molecule has 0 saturated heterocycles. The highest BCUT2D eigenvalue weighted by atomic mass is 35.5. The van der Waals surface area contributed by atoms with Gasteiger partial charge in [0, 0.05) is 17.6 Å². The largest absolute Gasteiger partial charge is 0.439 e. The van der Waals surface area contributed by atoms with E-state index in [-0.39, 0.29) is 0 Å². The zero-order chi connectivity index (χ0) is 14.4. The van der Waals surface area contributed by atoms with Gasteiger partial charge in [0.05, 0.1) is 0 Å². The summed E-state index contributed by atoms with van der Waals surface area (Å²) in [6.45, 7) is 2.97. The van der Waals surface area contributed by atoms with E-state index in [2.05, 4.69) is 22.2 Å². The summed E-state index contributed by atoms with van der Waals surface area (Å²) in [5.74, 6) is 1.93. The van der Waals surface area contributed by atoms with Gasteiger partial charge in [-0.25, -0.2) is 4.98 Å². The number of hydrogen-bond donors (Lipinski definition) is 1. The van der Waals surface area contributed by atoms with Crippen molar-refractivity contribution in [3.8, 4) is 11.6 Å². The molecule has 0 atom stereocenters. The summed E-state index contributed by atoms with van der Waals surface area (Å²) in [6, 6.07) is 9.02. The molecule has 0 radical (unpaired) electrons. The SMILES string of the molecule is CCCNc1cc(Oc2cccc(Cl)c2)nc(SC)n1. The molecule has 0 unspecified atom stereocenters. The first kappa shape index (κ1) is 14.9. The van der Waals surface area contributed by atoms with Gasteiger partial charge in [0.15, 0.2) is 5.16 Å². The van der Waals surface area contributed by atoms with Crippen LogP contribution in [0, 0.1) is 0 Å². The Labute approximate surface area is 127 Å². The van der Waals surface area contributed by atoms with Crippen LogP contribution >= 0.6 is 23.4 Å². The Morgan fingerprint density at radius 3 is 2.85 bits per heavy atom. The second-order valence-electron chi connectivity index (χ2n) is 4.06. The molecule has 2 rings (SSSR count). The second kappa shape index (κ2) is 7.36. The molecule has 6 heteroatoms. The molecule has 4 nitrogen and oxygen atoms in total. The van der Waals surface area contributed by atoms with Crippen molar-refractivity contribution in [2.75, 3.05) is 18.1 Å². The maximum Gasteiger partial charge on any atom is 0.225 e. The van der Waals surface area contributed by atoms with Crippen LogP contribution in [-0.4, -0.2) is 22.8 Å². The monoisotopic (exact) mass is 309 g/mol. The molecule has 0 saturated carbocycles. The van der Waals surface area contributed by atoms with Gasteiger partial charge in [-0.15, -0.1) is 0 Å². The Balaban J connectivity index is 2.21. The summed E-state index contributed by atoms with van der Waals surface area (Å²) in [5.41, 5.74) is 0. The van der Waals surface area contributed by atoms with Crippen LogP contribution in [0.15, 0.2) is 35.5 Å². The zero-order valence-electron chi connectivity index (χ0n) is 11.4. The predicted octanol–water partition coefficient (Wildman–Crippen LogP) is 4.47. The molecule has 0 aliphatic carbocycles. The number of hydrogen-bond acceptors (Lipinski definition) is 5. The highest BCUT2D eigenvalue weighted by molar-refractivity contribution is 7.98. The number of nitrogens with one attached hydrogen (secondary N) is 1. The van der Waals surface area contributed by atoms with Crippen molar-refractivity contribution >= 4 is 29.2 Å². The average Bonchev–Trinajstić information content (AvgIpc) is 2.45. The number of rotatable bonds is 6. The third-order valence-corrected chi connectivity index (χ3v) is 3.22. The summed E-state index contributed by atoms with van der Waals surface area (Å²) < 4.78 is 5.73. The fraction of sp³-hybridized carbons (Fsp3) is 0.286. The molecule has 2 aromatic rings. The minimum Gasteiger partial charge on any atom is -0.439 e. The van der Waals surface area contributed by atoms with E-state index in [1.807, 2.05) is 18.4 Å². The molecular formula is C14H16ClN3OS. The average molecular weight is 310 g/mol. The molecule has 0 fully saturated rings. The first-order valence-corrected chi connectivity index (χ1v) is 7.92. The summed E-state index contributed by atoms with van der Waals surface area (Å²) >= 11 is 7.42. The Bertz CT molecular complexity index is 580. The van der Waals surface area contributed by atoms with Crippen LogP contribution in [0.2, 0.25) is 5.02 Å². The summed E-state index contributed by atoms with van der Waals surface area (Å²) in [4.78, 5) is 8.71. The summed E-state index contributed by atoms with van der Waals surface area (Å²) in [6.07, 6.45) is 2.96. The van der Waals surface area contributed by atoms with Crippen LogP contribution in [0.3, 0.4) is 0 Å². The lowest BCUT2D eigenvalue weighted by Gasteiger charge is -2.09. The minimum absolute atomic E-state index is 0.505. The number of nitrogens with zero attached hydrogens (tertiary/aromatic N) is 2. The van der Waals surface area contributed by atoms with Gasteiger partial charge in [-0.2, -0.15) is 4.98 Å². The number of thioether (sulfide) groups is 1. The number of halogens is 1. The van der Waals surface area contributed by atoms with Crippen molar-refractivity contribution in [2.24, 2.45) is 0 Å². The van der Waals surface area contributed by atoms with Crippen LogP contribution in [-0.2, 0) is 0 Å². The fourth-order valence-electron chi connectivity index (χ4n) is 1.54. The second-order valence-corrected chi connectivity index (χ2v) is 5.27. The lowest BCUT2D eigenvalue weighted by atomic mass is 10.3. The summed E-state index contributed by atoms with van der Waals surface area (Å²) in [7, 11) is 0. The van der Waals surface area contributed by atoms with Crippen LogP contribution in [0.5, 0.6) is 11.6 Å². The van der Waals surface area contributed by atoms with Crippen LogP contribution in [0.1, 0.15) is 13.3 Å². The number of ether oxygens (including phenoxy) is 1. The van der Waals surface area contributed by atoms with E-state index in [9.17, 15) is 0 Å². The zero-order valence-corrected chi connectivity index (χ0v) is 13.0. The van der Waals surface area contributed by atoms with Crippen LogP contribution in [0.25, 0.3) is 0 Å². The minimum atomic E-state index is 0.505. The molecule has 1 aromatic heterocycles. The van der Waals surface area contributed by atoms with E-state index in [4.69, 9.17) is 16.3 Å². The van der Waals surface area contributed by atoms with Gasteiger partial charge in [0.1, 0.15) is 11.6 Å². The van der Waals surface area contributed by atoms with Crippen molar-refractivity contribution in [2.45, 2.75) is 18.5 Å². The van der Waals surface area contributed by atoms with Gasteiger partial charge in [-0.1, -0.05) is 36.4 Å². The van der Waals surface area contributed by atoms with E-state index in [0.29, 0.717) is 21.8 Å². The van der Waals surface area contributed by atoms with Crippen LogP contribution < -0.4 is 10.1 Å². The Hall–Kier alpha value is -1.46. The van der Waals surface area contributed by atoms with Gasteiger partial charge < -0.3 is 10.1 Å². The highest BCUT2D eigenvalue weighted by Crippen LogP contribution is 2.25. The molecule has 0 spiro atoms. The first-order valence-electron chi connectivity index (χ1n) is 6.31. The van der Waals surface area contributed by atoms with E-state index in [1.165, 1.54) is 11.8 Å². The molecule has 0 amide bonds. The Kier molecular flexibility index (Phi) is 5.49. The van der Waals surface area contributed by atoms with E-state index >= 15 is 0 Å². The lowest BCUT2D eigenvalue weighted by molar-refractivity contribution is 0.456. The Morgan fingerprint density at radius 2 is 2.15 bits per heavy atom. The fourth-order valence-corrected chi connectivity index (χ4v) is 2.09. The smallest absolute Gasteiger partial charge is 0.225 e. The molecule has 1 N–H and O–H groups in total. The third-order valence-electron chi connectivity index (χ3n) is 2.44. The van der Waals surface area contributed by atoms with Crippen LogP contribution in [0.4, 0.5) is 5.82 Å². The van der Waals surface area contributed by atoms with Crippen molar-refractivity contribution < 1.29 is 4.74 Å². The molecule has 20 heavy (non-hydrogen) atoms. The van der Waals surface area contributed by atoms with Gasteiger partial charge in [0.25, 0.3) is 0 Å². The molecule has 0 aliphatic rings. The molecule has 1 heterocycles. The Morgan fingerprint density at radius 1 is 1.30 bits per heavy atom. The number of anilines is 1. The van der Waals surface area contributed by atoms with Crippen molar-refractivity contribution in [3.63, 3.8) is 0 Å². The molecule has 106 valence electrons.